The number of carbonyl (C=O) groups is 3. The van der Waals surface area contributed by atoms with Crippen LogP contribution < -0.4 is 16.0 Å². The van der Waals surface area contributed by atoms with E-state index in [0.29, 0.717) is 58.5 Å². The first-order valence-corrected chi connectivity index (χ1v) is 11.2. The fourth-order valence-electron chi connectivity index (χ4n) is 3.84. The van der Waals surface area contributed by atoms with Gasteiger partial charge in [0.05, 0.1) is 17.1 Å². The van der Waals surface area contributed by atoms with Gasteiger partial charge in [0.1, 0.15) is 5.54 Å². The molecule has 2 fully saturated rings. The predicted molar refractivity (Wildman–Crippen MR) is 113 cm³/mol. The summed E-state index contributed by atoms with van der Waals surface area (Å²) in [5.41, 5.74) is -0.915. The molecule has 3 rings (SSSR count). The number of piperidine rings is 2. The van der Waals surface area contributed by atoms with Gasteiger partial charge in [0, 0.05) is 30.6 Å². The molecule has 1 aromatic heterocycles. The van der Waals surface area contributed by atoms with Crippen LogP contribution in [0.4, 0.5) is 9.80 Å². The summed E-state index contributed by atoms with van der Waals surface area (Å²) in [5, 5.41) is 21.3. The van der Waals surface area contributed by atoms with Crippen molar-refractivity contribution in [3.8, 4) is 0 Å². The summed E-state index contributed by atoms with van der Waals surface area (Å²) >= 11 is 0.874. The van der Waals surface area contributed by atoms with E-state index in [4.69, 9.17) is 4.74 Å². The number of nitrogens with zero attached hydrogens (tertiary/aromatic N) is 2. The number of nitrogens with one attached hydrogen (secondary N) is 3. The Morgan fingerprint density at radius 2 is 2.00 bits per heavy atom. The molecule has 2 saturated heterocycles. The molecule has 0 aliphatic carbocycles. The van der Waals surface area contributed by atoms with Gasteiger partial charge in [-0.15, -0.1) is 0 Å². The van der Waals surface area contributed by atoms with E-state index in [2.05, 4.69) is 16.0 Å². The number of thiophene rings is 1. The third kappa shape index (κ3) is 5.50. The fraction of sp³-hybridized carbons (Fsp3) is 0.632. The Labute approximate surface area is 183 Å². The Morgan fingerprint density at radius 1 is 1.32 bits per heavy atom. The lowest BCUT2D eigenvalue weighted by Gasteiger charge is -2.39. The quantitative estimate of drug-likeness (QED) is 0.434. The molecule has 31 heavy (non-hydrogen) atoms. The number of carbonyl (C=O) groups excluding carboxylic acids is 3. The molecule has 1 aromatic rings. The summed E-state index contributed by atoms with van der Waals surface area (Å²) in [6.07, 6.45) is 1.68. The van der Waals surface area contributed by atoms with E-state index < -0.39 is 16.4 Å². The summed E-state index contributed by atoms with van der Waals surface area (Å²) < 4.78 is 5.02. The maximum atomic E-state index is 13.2. The first kappa shape index (κ1) is 22.9. The van der Waals surface area contributed by atoms with E-state index in [-0.39, 0.29) is 28.6 Å². The number of hydrogen-bond donors (Lipinski definition) is 3. The zero-order valence-electron chi connectivity index (χ0n) is 17.3. The second kappa shape index (κ2) is 10.1. The molecule has 170 valence electrons. The predicted octanol–water partition coefficient (Wildman–Crippen LogP) is 1.25. The molecular weight excluding hydrogens is 426 g/mol. The van der Waals surface area contributed by atoms with Crippen LogP contribution in [0.1, 0.15) is 43.0 Å². The molecule has 3 heterocycles. The minimum atomic E-state index is -1.09. The van der Waals surface area contributed by atoms with Gasteiger partial charge in [0.2, 0.25) is 5.91 Å². The van der Waals surface area contributed by atoms with Crippen molar-refractivity contribution < 1.29 is 24.0 Å². The minimum absolute atomic E-state index is 0.107. The van der Waals surface area contributed by atoms with Crippen LogP contribution in [0.15, 0.2) is 11.4 Å². The van der Waals surface area contributed by atoms with Crippen LogP contribution in [-0.2, 0) is 9.53 Å². The molecule has 0 spiro atoms. The summed E-state index contributed by atoms with van der Waals surface area (Å²) in [7, 11) is 0. The molecule has 3 N–H and O–H groups in total. The van der Waals surface area contributed by atoms with Crippen molar-refractivity contribution in [2.24, 2.45) is 0 Å². The topological polar surface area (TPSA) is 143 Å². The number of hydrogen-bond acceptors (Lipinski definition) is 8. The largest absolute Gasteiger partial charge is 0.450 e. The van der Waals surface area contributed by atoms with Gasteiger partial charge in [-0.25, -0.2) is 4.79 Å². The lowest BCUT2D eigenvalue weighted by Crippen LogP contribution is -2.64. The Bertz CT molecular complexity index is 830. The summed E-state index contributed by atoms with van der Waals surface area (Å²) in [5.74, 6) is -0.764. The smallest absolute Gasteiger partial charge is 0.409 e. The molecule has 0 atom stereocenters. The Balaban J connectivity index is 1.63. The first-order valence-electron chi connectivity index (χ1n) is 10.3. The molecule has 2 aliphatic rings. The van der Waals surface area contributed by atoms with E-state index >= 15 is 0 Å². The molecule has 11 nitrogen and oxygen atoms in total. The molecule has 0 unspecified atom stereocenters. The van der Waals surface area contributed by atoms with Crippen LogP contribution in [0.25, 0.3) is 0 Å². The third-order valence-corrected chi connectivity index (χ3v) is 6.51. The van der Waals surface area contributed by atoms with Crippen LogP contribution >= 0.6 is 11.3 Å². The lowest BCUT2D eigenvalue weighted by molar-refractivity contribution is -0.380. The normalized spacial score (nSPS) is 18.8. The standard InChI is InChI=1S/C19H27N5O6S/c1-2-30-18(27)23-9-3-14(4-10-23)21-17(26)19(5-7-20-8-6-19)22-16(25)13-11-15(24(28)29)31-12-13/h11-12,14,20H,2-10H2,1H3,(H,21,26)(H,22,25). The molecule has 0 saturated carbocycles. The second-order valence-corrected chi connectivity index (χ2v) is 8.54. The van der Waals surface area contributed by atoms with Gasteiger partial charge in [0.15, 0.2) is 0 Å². The fourth-order valence-corrected chi connectivity index (χ4v) is 4.54. The number of likely N-dealkylation sites (tertiary alicyclic amines) is 1. The number of ether oxygens (including phenoxy) is 1. The Kier molecular flexibility index (Phi) is 7.44. The van der Waals surface area contributed by atoms with Crippen molar-refractivity contribution in [1.29, 1.82) is 0 Å². The van der Waals surface area contributed by atoms with Gasteiger partial charge in [-0.05, 0) is 45.7 Å². The van der Waals surface area contributed by atoms with E-state index in [1.54, 1.807) is 11.8 Å². The lowest BCUT2D eigenvalue weighted by atomic mass is 9.86. The average Bonchev–Trinajstić information content (AvgIpc) is 3.26. The molecule has 3 amide bonds. The zero-order chi connectivity index (χ0) is 22.4. The van der Waals surface area contributed by atoms with Crippen molar-refractivity contribution in [3.05, 3.63) is 27.1 Å². The Hall–Kier alpha value is -2.73. The highest BCUT2D eigenvalue weighted by molar-refractivity contribution is 7.13. The van der Waals surface area contributed by atoms with Crippen molar-refractivity contribution in [2.75, 3.05) is 32.8 Å². The van der Waals surface area contributed by atoms with Gasteiger partial charge in [0.25, 0.3) is 5.91 Å². The van der Waals surface area contributed by atoms with Crippen LogP contribution in [0, 0.1) is 10.1 Å². The van der Waals surface area contributed by atoms with E-state index in [9.17, 15) is 24.5 Å². The average molecular weight is 454 g/mol. The van der Waals surface area contributed by atoms with Crippen molar-refractivity contribution in [2.45, 2.75) is 44.2 Å². The van der Waals surface area contributed by atoms with Crippen LogP contribution in [0.2, 0.25) is 0 Å². The molecule has 2 aliphatic heterocycles. The van der Waals surface area contributed by atoms with E-state index in [1.165, 1.54) is 11.4 Å². The molecular formula is C19H27N5O6S. The van der Waals surface area contributed by atoms with Crippen LogP contribution in [0.3, 0.4) is 0 Å². The van der Waals surface area contributed by atoms with Gasteiger partial charge in [-0.1, -0.05) is 11.3 Å². The van der Waals surface area contributed by atoms with Gasteiger partial charge in [-0.3, -0.25) is 19.7 Å². The second-order valence-electron chi connectivity index (χ2n) is 7.65. The van der Waals surface area contributed by atoms with Gasteiger partial charge in [-0.2, -0.15) is 0 Å². The minimum Gasteiger partial charge on any atom is -0.450 e. The monoisotopic (exact) mass is 453 g/mol. The van der Waals surface area contributed by atoms with Crippen molar-refractivity contribution in [1.82, 2.24) is 20.9 Å². The maximum Gasteiger partial charge on any atom is 0.409 e. The van der Waals surface area contributed by atoms with Crippen molar-refractivity contribution >= 4 is 34.2 Å². The summed E-state index contributed by atoms with van der Waals surface area (Å²) in [6.45, 7) is 4.19. The maximum absolute atomic E-state index is 13.2. The van der Waals surface area contributed by atoms with Gasteiger partial charge >= 0.3 is 11.1 Å². The highest BCUT2D eigenvalue weighted by Gasteiger charge is 2.42. The van der Waals surface area contributed by atoms with E-state index in [1.807, 2.05) is 0 Å². The molecule has 0 bridgehead atoms. The number of amides is 3. The number of nitro groups is 1. The molecule has 0 radical (unpaired) electrons. The highest BCUT2D eigenvalue weighted by atomic mass is 32.1. The number of rotatable bonds is 6. The van der Waals surface area contributed by atoms with Crippen molar-refractivity contribution in [3.63, 3.8) is 0 Å². The first-order chi connectivity index (χ1) is 14.8. The molecule has 0 aromatic carbocycles. The Morgan fingerprint density at radius 3 is 2.58 bits per heavy atom. The third-order valence-electron chi connectivity index (χ3n) is 5.63. The SMILES string of the molecule is CCOC(=O)N1CCC(NC(=O)C2(NC(=O)c3csc([N+](=O)[O-])c3)CCNCC2)CC1. The van der Waals surface area contributed by atoms with Gasteiger partial charge < -0.3 is 25.6 Å². The summed E-state index contributed by atoms with van der Waals surface area (Å²) in [4.78, 5) is 49.8. The van der Waals surface area contributed by atoms with Crippen LogP contribution in [-0.4, -0.2) is 72.1 Å². The van der Waals surface area contributed by atoms with E-state index in [0.717, 1.165) is 11.3 Å². The highest BCUT2D eigenvalue weighted by Crippen LogP contribution is 2.25. The van der Waals surface area contributed by atoms with Crippen LogP contribution in [0.5, 0.6) is 0 Å². The molecule has 12 heteroatoms. The summed E-state index contributed by atoms with van der Waals surface area (Å²) in [6, 6.07) is 1.11. The zero-order valence-corrected chi connectivity index (χ0v) is 18.2.